The molecule has 23 heavy (non-hydrogen) atoms. The van der Waals surface area contributed by atoms with Gasteiger partial charge in [-0.2, -0.15) is 0 Å². The summed E-state index contributed by atoms with van der Waals surface area (Å²) in [6.07, 6.45) is 1.56. The highest BCUT2D eigenvalue weighted by atomic mass is 16.3. The van der Waals surface area contributed by atoms with Crippen LogP contribution in [0.3, 0.4) is 0 Å². The first-order valence-corrected chi connectivity index (χ1v) is 8.10. The lowest BCUT2D eigenvalue weighted by Gasteiger charge is -2.23. The maximum absolute atomic E-state index is 12.4. The van der Waals surface area contributed by atoms with E-state index in [0.29, 0.717) is 18.5 Å². The smallest absolute Gasteiger partial charge is 0.251 e. The molecular formula is C20H23NO2. The Bertz CT molecular complexity index is 734. The molecule has 0 saturated carbocycles. The zero-order valence-electron chi connectivity index (χ0n) is 13.7. The van der Waals surface area contributed by atoms with Crippen molar-refractivity contribution in [2.45, 2.75) is 26.7 Å². The predicted molar refractivity (Wildman–Crippen MR) is 92.5 cm³/mol. The number of rotatable bonds is 5. The van der Waals surface area contributed by atoms with Crippen molar-refractivity contribution >= 4 is 5.91 Å². The van der Waals surface area contributed by atoms with Gasteiger partial charge in [-0.3, -0.25) is 4.79 Å². The van der Waals surface area contributed by atoms with Crippen molar-refractivity contribution in [3.8, 4) is 11.1 Å². The summed E-state index contributed by atoms with van der Waals surface area (Å²) >= 11 is 0. The molecule has 0 radical (unpaired) electrons. The van der Waals surface area contributed by atoms with E-state index in [1.165, 1.54) is 22.3 Å². The van der Waals surface area contributed by atoms with Crippen molar-refractivity contribution in [3.05, 3.63) is 59.2 Å². The van der Waals surface area contributed by atoms with Crippen molar-refractivity contribution in [1.29, 1.82) is 0 Å². The number of amides is 1. The monoisotopic (exact) mass is 309 g/mol. The van der Waals surface area contributed by atoms with Gasteiger partial charge in [0, 0.05) is 18.7 Å². The van der Waals surface area contributed by atoms with E-state index in [9.17, 15) is 4.79 Å². The van der Waals surface area contributed by atoms with Crippen molar-refractivity contribution in [2.75, 3.05) is 13.2 Å². The molecule has 0 aromatic heterocycles. The molecule has 0 fully saturated rings. The number of fused-ring (bicyclic) bond motifs is 3. The molecule has 0 bridgehead atoms. The normalized spacial score (nSPS) is 12.7. The lowest BCUT2D eigenvalue weighted by atomic mass is 9.89. The van der Waals surface area contributed by atoms with E-state index in [-0.39, 0.29) is 17.9 Å². The lowest BCUT2D eigenvalue weighted by Crippen LogP contribution is -2.34. The van der Waals surface area contributed by atoms with Gasteiger partial charge >= 0.3 is 0 Å². The summed E-state index contributed by atoms with van der Waals surface area (Å²) in [7, 11) is 0. The van der Waals surface area contributed by atoms with Crippen LogP contribution in [0.25, 0.3) is 11.1 Å². The summed E-state index contributed by atoms with van der Waals surface area (Å²) in [6, 6.07) is 14.3. The number of nitrogens with one attached hydrogen (secondary N) is 1. The second-order valence-electron chi connectivity index (χ2n) is 7.03. The van der Waals surface area contributed by atoms with Gasteiger partial charge in [-0.1, -0.05) is 44.2 Å². The Labute approximate surface area is 137 Å². The Kier molecular flexibility index (Phi) is 4.22. The van der Waals surface area contributed by atoms with Crippen molar-refractivity contribution in [1.82, 2.24) is 5.32 Å². The molecule has 1 amide bonds. The Balaban J connectivity index is 1.73. The van der Waals surface area contributed by atoms with Crippen LogP contribution >= 0.6 is 0 Å². The lowest BCUT2D eigenvalue weighted by molar-refractivity contribution is 0.0928. The molecule has 0 heterocycles. The minimum Gasteiger partial charge on any atom is -0.396 e. The fraction of sp³-hybridized carbons (Fsp3) is 0.350. The van der Waals surface area contributed by atoms with Crippen LogP contribution in [0.1, 0.15) is 41.8 Å². The van der Waals surface area contributed by atoms with Crippen LogP contribution in [0.4, 0.5) is 0 Å². The molecule has 0 saturated heterocycles. The average molecular weight is 309 g/mol. The zero-order chi connectivity index (χ0) is 16.4. The number of carbonyl (C=O) groups excluding carboxylic acids is 1. The van der Waals surface area contributed by atoms with Crippen LogP contribution in [0.15, 0.2) is 42.5 Å². The van der Waals surface area contributed by atoms with E-state index in [1.807, 2.05) is 26.0 Å². The minimum absolute atomic E-state index is 0.0465. The fourth-order valence-corrected chi connectivity index (χ4v) is 3.10. The molecule has 0 aliphatic heterocycles. The molecule has 3 rings (SSSR count). The SMILES string of the molecule is CC(C)(CCO)CNC(=O)c1ccc2c(c1)Cc1ccccc1-2. The Morgan fingerprint density at radius 2 is 1.87 bits per heavy atom. The third kappa shape index (κ3) is 3.30. The van der Waals surface area contributed by atoms with Crippen LogP contribution in [-0.4, -0.2) is 24.2 Å². The highest BCUT2D eigenvalue weighted by Gasteiger charge is 2.21. The fourth-order valence-electron chi connectivity index (χ4n) is 3.10. The van der Waals surface area contributed by atoms with E-state index >= 15 is 0 Å². The topological polar surface area (TPSA) is 49.3 Å². The minimum atomic E-state index is -0.0998. The van der Waals surface area contributed by atoms with Gasteiger partial charge in [-0.15, -0.1) is 0 Å². The maximum atomic E-state index is 12.4. The Morgan fingerprint density at radius 3 is 2.65 bits per heavy atom. The second-order valence-corrected chi connectivity index (χ2v) is 7.03. The van der Waals surface area contributed by atoms with Gasteiger partial charge in [0.2, 0.25) is 0 Å². The molecule has 0 unspecified atom stereocenters. The molecule has 3 nitrogen and oxygen atoms in total. The molecule has 120 valence electrons. The first kappa shape index (κ1) is 15.8. The summed E-state index contributed by atoms with van der Waals surface area (Å²) in [5, 5.41) is 12.0. The van der Waals surface area contributed by atoms with Gasteiger partial charge in [-0.05, 0) is 52.6 Å². The van der Waals surface area contributed by atoms with E-state index < -0.39 is 0 Å². The van der Waals surface area contributed by atoms with Gasteiger partial charge in [0.15, 0.2) is 0 Å². The summed E-state index contributed by atoms with van der Waals surface area (Å²) < 4.78 is 0. The number of hydrogen-bond donors (Lipinski definition) is 2. The van der Waals surface area contributed by atoms with Gasteiger partial charge in [0.1, 0.15) is 0 Å². The molecule has 3 heteroatoms. The number of carbonyl (C=O) groups is 1. The van der Waals surface area contributed by atoms with Gasteiger partial charge in [0.05, 0.1) is 0 Å². The van der Waals surface area contributed by atoms with E-state index in [1.54, 1.807) is 0 Å². The molecular weight excluding hydrogens is 286 g/mol. The summed E-state index contributed by atoms with van der Waals surface area (Å²) in [5.74, 6) is -0.0465. The molecule has 0 spiro atoms. The molecule has 2 N–H and O–H groups in total. The third-order valence-corrected chi connectivity index (χ3v) is 4.57. The van der Waals surface area contributed by atoms with Crippen molar-refractivity contribution < 1.29 is 9.90 Å². The van der Waals surface area contributed by atoms with Crippen LogP contribution in [-0.2, 0) is 6.42 Å². The second kappa shape index (κ2) is 6.17. The first-order chi connectivity index (χ1) is 11.0. The number of aliphatic hydroxyl groups is 1. The molecule has 2 aromatic rings. The van der Waals surface area contributed by atoms with E-state index in [0.717, 1.165) is 6.42 Å². The van der Waals surface area contributed by atoms with E-state index in [2.05, 4.69) is 35.6 Å². The summed E-state index contributed by atoms with van der Waals surface area (Å²) in [4.78, 5) is 12.4. The molecule has 1 aliphatic rings. The van der Waals surface area contributed by atoms with Gasteiger partial charge in [-0.25, -0.2) is 0 Å². The molecule has 0 atom stereocenters. The first-order valence-electron chi connectivity index (χ1n) is 8.10. The summed E-state index contributed by atoms with van der Waals surface area (Å²) in [6.45, 7) is 4.79. The zero-order valence-corrected chi connectivity index (χ0v) is 13.7. The van der Waals surface area contributed by atoms with Crippen LogP contribution in [0.2, 0.25) is 0 Å². The maximum Gasteiger partial charge on any atom is 0.251 e. The molecule has 1 aliphatic carbocycles. The number of hydrogen-bond acceptors (Lipinski definition) is 2. The summed E-state index contributed by atoms with van der Waals surface area (Å²) in [5.41, 5.74) is 5.66. The largest absolute Gasteiger partial charge is 0.396 e. The van der Waals surface area contributed by atoms with Crippen LogP contribution in [0.5, 0.6) is 0 Å². The highest BCUT2D eigenvalue weighted by molar-refractivity contribution is 5.95. The van der Waals surface area contributed by atoms with Crippen LogP contribution in [0, 0.1) is 5.41 Å². The highest BCUT2D eigenvalue weighted by Crippen LogP contribution is 2.36. The van der Waals surface area contributed by atoms with Gasteiger partial charge < -0.3 is 10.4 Å². The Hall–Kier alpha value is -2.13. The average Bonchev–Trinajstić information content (AvgIpc) is 2.90. The van der Waals surface area contributed by atoms with Crippen LogP contribution < -0.4 is 5.32 Å². The number of aliphatic hydroxyl groups excluding tert-OH is 1. The standard InChI is InChI=1S/C20H23NO2/c1-20(2,9-10-22)13-21-19(23)15-7-8-18-16(12-15)11-14-5-3-4-6-17(14)18/h3-8,12,22H,9-11,13H2,1-2H3,(H,21,23). The quantitative estimate of drug-likeness (QED) is 0.759. The molecule has 2 aromatic carbocycles. The van der Waals surface area contributed by atoms with E-state index in [4.69, 9.17) is 5.11 Å². The van der Waals surface area contributed by atoms with Crippen molar-refractivity contribution in [3.63, 3.8) is 0 Å². The number of benzene rings is 2. The van der Waals surface area contributed by atoms with Gasteiger partial charge in [0.25, 0.3) is 5.91 Å². The third-order valence-electron chi connectivity index (χ3n) is 4.57. The Morgan fingerprint density at radius 1 is 1.13 bits per heavy atom. The van der Waals surface area contributed by atoms with Crippen molar-refractivity contribution in [2.24, 2.45) is 5.41 Å². The predicted octanol–water partition coefficient (Wildman–Crippen LogP) is 3.40.